The van der Waals surface area contributed by atoms with Crippen molar-refractivity contribution in [1.82, 2.24) is 10.6 Å². The number of hydrogen-bond donors (Lipinski definition) is 2. The predicted octanol–water partition coefficient (Wildman–Crippen LogP) is 3.22. The molecule has 1 unspecified atom stereocenters. The van der Waals surface area contributed by atoms with Gasteiger partial charge < -0.3 is 19.8 Å². The van der Waals surface area contributed by atoms with Gasteiger partial charge in [-0.3, -0.25) is 4.99 Å². The van der Waals surface area contributed by atoms with Crippen molar-refractivity contribution < 1.29 is 9.15 Å². The maximum absolute atomic E-state index is 5.54. The van der Waals surface area contributed by atoms with Gasteiger partial charge in [0.25, 0.3) is 0 Å². The highest BCUT2D eigenvalue weighted by Crippen LogP contribution is 2.21. The molecule has 0 saturated carbocycles. The summed E-state index contributed by atoms with van der Waals surface area (Å²) >= 11 is 0. The van der Waals surface area contributed by atoms with Crippen molar-refractivity contribution in [2.45, 2.75) is 33.3 Å². The number of furan rings is 1. The van der Waals surface area contributed by atoms with Gasteiger partial charge >= 0.3 is 0 Å². The summed E-state index contributed by atoms with van der Waals surface area (Å²) in [6.07, 6.45) is 4.38. The van der Waals surface area contributed by atoms with Crippen LogP contribution in [0.3, 0.4) is 0 Å². The van der Waals surface area contributed by atoms with Crippen molar-refractivity contribution in [1.29, 1.82) is 0 Å². The lowest BCUT2D eigenvalue weighted by Crippen LogP contribution is -2.40. The van der Waals surface area contributed by atoms with Gasteiger partial charge in [0.2, 0.25) is 0 Å². The van der Waals surface area contributed by atoms with Crippen LogP contribution in [0.4, 0.5) is 0 Å². The standard InChI is InChI=1S/C17H29N3O2.HI/c1-6-10-18-16(19-11-9-14-8-7-12-22-14)20-13-15(21-5)17(2,3)4;/h6-8,12,15H,1,9-11,13H2,2-5H3,(H2,18,19,20);1H. The van der Waals surface area contributed by atoms with Crippen LogP contribution in [0.15, 0.2) is 40.5 Å². The number of hydrogen-bond acceptors (Lipinski definition) is 3. The third kappa shape index (κ3) is 9.00. The van der Waals surface area contributed by atoms with Gasteiger partial charge in [0.15, 0.2) is 5.96 Å². The number of nitrogens with one attached hydrogen (secondary N) is 2. The Morgan fingerprint density at radius 2 is 2.17 bits per heavy atom. The van der Waals surface area contributed by atoms with Crippen LogP contribution in [0.5, 0.6) is 0 Å². The Hall–Kier alpha value is -1.02. The molecular formula is C17H30IN3O2. The normalized spacial score (nSPS) is 13.1. The minimum absolute atomic E-state index is 0. The van der Waals surface area contributed by atoms with Gasteiger partial charge in [-0.15, -0.1) is 30.6 Å². The van der Waals surface area contributed by atoms with Crippen molar-refractivity contribution >= 4 is 29.9 Å². The van der Waals surface area contributed by atoms with Crippen LogP contribution in [0.25, 0.3) is 0 Å². The number of aliphatic imine (C=N–C) groups is 1. The van der Waals surface area contributed by atoms with Crippen LogP contribution in [-0.4, -0.2) is 38.8 Å². The van der Waals surface area contributed by atoms with Gasteiger partial charge in [-0.2, -0.15) is 0 Å². The summed E-state index contributed by atoms with van der Waals surface area (Å²) in [6.45, 7) is 12.2. The molecule has 0 spiro atoms. The summed E-state index contributed by atoms with van der Waals surface area (Å²) in [6, 6.07) is 3.86. The van der Waals surface area contributed by atoms with Crippen molar-refractivity contribution in [2.75, 3.05) is 26.7 Å². The van der Waals surface area contributed by atoms with Crippen molar-refractivity contribution in [3.8, 4) is 0 Å². The number of guanidine groups is 1. The molecule has 1 heterocycles. The molecule has 6 heteroatoms. The van der Waals surface area contributed by atoms with E-state index in [1.165, 1.54) is 0 Å². The van der Waals surface area contributed by atoms with Crippen LogP contribution < -0.4 is 10.6 Å². The Kier molecular flexibility index (Phi) is 11.0. The zero-order chi connectivity index (χ0) is 16.4. The van der Waals surface area contributed by atoms with Gasteiger partial charge in [-0.1, -0.05) is 26.8 Å². The minimum atomic E-state index is 0. The molecule has 0 aliphatic carbocycles. The van der Waals surface area contributed by atoms with Crippen molar-refractivity contribution in [2.24, 2.45) is 10.4 Å². The second-order valence-corrected chi connectivity index (χ2v) is 6.21. The molecule has 0 amide bonds. The number of nitrogens with zero attached hydrogens (tertiary/aromatic N) is 1. The Bertz CT molecular complexity index is 453. The molecule has 0 aliphatic heterocycles. The van der Waals surface area contributed by atoms with Gasteiger partial charge in [0.1, 0.15) is 5.76 Å². The van der Waals surface area contributed by atoms with E-state index in [0.29, 0.717) is 13.1 Å². The van der Waals surface area contributed by atoms with E-state index >= 15 is 0 Å². The highest BCUT2D eigenvalue weighted by Gasteiger charge is 2.24. The van der Waals surface area contributed by atoms with E-state index in [2.05, 4.69) is 43.0 Å². The van der Waals surface area contributed by atoms with Gasteiger partial charge in [0.05, 0.1) is 18.9 Å². The van der Waals surface area contributed by atoms with E-state index < -0.39 is 0 Å². The lowest BCUT2D eigenvalue weighted by Gasteiger charge is -2.28. The van der Waals surface area contributed by atoms with E-state index in [1.54, 1.807) is 19.4 Å². The Morgan fingerprint density at radius 3 is 2.70 bits per heavy atom. The minimum Gasteiger partial charge on any atom is -0.469 e. The number of rotatable bonds is 8. The Balaban J connectivity index is 0.00000484. The molecular weight excluding hydrogens is 405 g/mol. The zero-order valence-electron chi connectivity index (χ0n) is 14.6. The molecule has 0 aliphatic rings. The average molecular weight is 435 g/mol. The first-order valence-electron chi connectivity index (χ1n) is 7.65. The third-order valence-electron chi connectivity index (χ3n) is 3.32. The summed E-state index contributed by atoms with van der Waals surface area (Å²) in [7, 11) is 1.73. The van der Waals surface area contributed by atoms with E-state index in [1.807, 2.05) is 12.1 Å². The van der Waals surface area contributed by atoms with Gasteiger partial charge in [-0.05, 0) is 17.5 Å². The first-order valence-corrected chi connectivity index (χ1v) is 7.65. The smallest absolute Gasteiger partial charge is 0.191 e. The topological polar surface area (TPSA) is 58.8 Å². The van der Waals surface area contributed by atoms with Gasteiger partial charge in [0, 0.05) is 26.6 Å². The van der Waals surface area contributed by atoms with E-state index in [9.17, 15) is 0 Å². The molecule has 1 atom stereocenters. The summed E-state index contributed by atoms with van der Waals surface area (Å²) in [4.78, 5) is 4.61. The third-order valence-corrected chi connectivity index (χ3v) is 3.32. The molecule has 0 radical (unpaired) electrons. The zero-order valence-corrected chi connectivity index (χ0v) is 16.9. The summed E-state index contributed by atoms with van der Waals surface area (Å²) in [5.74, 6) is 1.72. The monoisotopic (exact) mass is 435 g/mol. The quantitative estimate of drug-likeness (QED) is 0.285. The van der Waals surface area contributed by atoms with Crippen LogP contribution >= 0.6 is 24.0 Å². The summed E-state index contributed by atoms with van der Waals surface area (Å²) < 4.78 is 10.9. The number of methoxy groups -OCH3 is 1. The van der Waals surface area contributed by atoms with Crippen molar-refractivity contribution in [3.05, 3.63) is 36.8 Å². The molecule has 1 rings (SSSR count). The number of ether oxygens (including phenoxy) is 1. The van der Waals surface area contributed by atoms with E-state index in [-0.39, 0.29) is 35.5 Å². The second kappa shape index (κ2) is 11.5. The molecule has 23 heavy (non-hydrogen) atoms. The highest BCUT2D eigenvalue weighted by molar-refractivity contribution is 14.0. The van der Waals surface area contributed by atoms with Crippen molar-refractivity contribution in [3.63, 3.8) is 0 Å². The maximum Gasteiger partial charge on any atom is 0.191 e. The summed E-state index contributed by atoms with van der Waals surface area (Å²) in [5.41, 5.74) is 0.0516. The van der Waals surface area contributed by atoms with Crippen LogP contribution in [-0.2, 0) is 11.2 Å². The van der Waals surface area contributed by atoms with Crippen LogP contribution in [0.2, 0.25) is 0 Å². The first-order chi connectivity index (χ1) is 10.5. The molecule has 0 fully saturated rings. The highest BCUT2D eigenvalue weighted by atomic mass is 127. The fourth-order valence-corrected chi connectivity index (χ4v) is 1.98. The SMILES string of the molecule is C=CCNC(=NCC(OC)C(C)(C)C)NCCc1ccco1.I. The largest absolute Gasteiger partial charge is 0.469 e. The molecule has 1 aromatic heterocycles. The lowest BCUT2D eigenvalue weighted by molar-refractivity contribution is 0.0241. The molecule has 0 aromatic carbocycles. The molecule has 1 aromatic rings. The van der Waals surface area contributed by atoms with Crippen LogP contribution in [0, 0.1) is 5.41 Å². The predicted molar refractivity (Wildman–Crippen MR) is 107 cm³/mol. The molecule has 5 nitrogen and oxygen atoms in total. The summed E-state index contributed by atoms with van der Waals surface area (Å²) in [5, 5.41) is 6.51. The lowest BCUT2D eigenvalue weighted by atomic mass is 9.89. The molecule has 0 saturated heterocycles. The Labute approximate surface area is 157 Å². The van der Waals surface area contributed by atoms with Gasteiger partial charge in [-0.25, -0.2) is 0 Å². The molecule has 132 valence electrons. The van der Waals surface area contributed by atoms with E-state index in [0.717, 1.165) is 24.7 Å². The number of halogens is 1. The Morgan fingerprint density at radius 1 is 1.43 bits per heavy atom. The van der Waals surface area contributed by atoms with E-state index in [4.69, 9.17) is 9.15 Å². The maximum atomic E-state index is 5.54. The second-order valence-electron chi connectivity index (χ2n) is 6.21. The van der Waals surface area contributed by atoms with Crippen LogP contribution in [0.1, 0.15) is 26.5 Å². The first kappa shape index (κ1) is 22.0. The molecule has 2 N–H and O–H groups in total. The fraction of sp³-hybridized carbons (Fsp3) is 0.588. The average Bonchev–Trinajstić information content (AvgIpc) is 2.96. The fourth-order valence-electron chi connectivity index (χ4n) is 1.98. The molecule has 0 bridgehead atoms.